The van der Waals surface area contributed by atoms with Crippen LogP contribution in [0.25, 0.3) is 0 Å². The van der Waals surface area contributed by atoms with Gasteiger partial charge < -0.3 is 45.1 Å². The van der Waals surface area contributed by atoms with E-state index in [-0.39, 0.29) is 18.5 Å². The molecule has 494 valence electrons. The number of nitrogens with one attached hydrogen (secondary N) is 1. The molecule has 1 fully saturated rings. The molecule has 7 atom stereocenters. The van der Waals surface area contributed by atoms with Crippen LogP contribution in [0.5, 0.6) is 0 Å². The lowest BCUT2D eigenvalue weighted by atomic mass is 9.99. The van der Waals surface area contributed by atoms with Gasteiger partial charge in [0.2, 0.25) is 5.91 Å². The van der Waals surface area contributed by atoms with Crippen molar-refractivity contribution in [3.8, 4) is 0 Å². The highest BCUT2D eigenvalue weighted by Gasteiger charge is 2.44. The van der Waals surface area contributed by atoms with Gasteiger partial charge in [-0.3, -0.25) is 9.59 Å². The van der Waals surface area contributed by atoms with Gasteiger partial charge in [-0.1, -0.05) is 320 Å². The molecule has 11 heteroatoms. The van der Waals surface area contributed by atoms with Gasteiger partial charge in [0.1, 0.15) is 24.4 Å². The number of aliphatic hydroxyl groups excluding tert-OH is 5. The summed E-state index contributed by atoms with van der Waals surface area (Å²) in [5, 5.41) is 54.5. The summed E-state index contributed by atoms with van der Waals surface area (Å²) in [7, 11) is 0. The highest BCUT2D eigenvalue weighted by atomic mass is 16.7. The lowest BCUT2D eigenvalue weighted by Gasteiger charge is -2.40. The molecule has 1 aliphatic rings. The summed E-state index contributed by atoms with van der Waals surface area (Å²) in [4.78, 5) is 25.1. The third-order valence-corrected chi connectivity index (χ3v) is 17.2. The van der Waals surface area contributed by atoms with Crippen molar-refractivity contribution in [3.05, 3.63) is 36.5 Å². The number of amides is 1. The van der Waals surface area contributed by atoms with Gasteiger partial charge >= 0.3 is 5.97 Å². The molecule has 0 aliphatic carbocycles. The van der Waals surface area contributed by atoms with Crippen molar-refractivity contribution in [2.24, 2.45) is 0 Å². The fourth-order valence-electron chi connectivity index (χ4n) is 11.5. The molecule has 1 saturated heterocycles. The summed E-state index contributed by atoms with van der Waals surface area (Å²) in [6.45, 7) is 4.35. The zero-order valence-electron chi connectivity index (χ0n) is 54.9. The predicted octanol–water partition coefficient (Wildman–Crippen LogP) is 18.6. The van der Waals surface area contributed by atoms with E-state index in [1.807, 2.05) is 6.08 Å². The van der Waals surface area contributed by atoms with Crippen molar-refractivity contribution in [2.75, 3.05) is 19.8 Å². The second-order valence-electron chi connectivity index (χ2n) is 25.3. The van der Waals surface area contributed by atoms with Gasteiger partial charge in [0.15, 0.2) is 6.29 Å². The molecule has 7 unspecified atom stereocenters. The monoisotopic (exact) mass is 1190 g/mol. The number of esters is 1. The van der Waals surface area contributed by atoms with Crippen molar-refractivity contribution in [1.29, 1.82) is 0 Å². The first kappa shape index (κ1) is 79.9. The van der Waals surface area contributed by atoms with Crippen molar-refractivity contribution < 1.29 is 49.3 Å². The van der Waals surface area contributed by atoms with Gasteiger partial charge in [0, 0.05) is 12.8 Å². The minimum atomic E-state index is -1.58. The molecule has 1 amide bonds. The highest BCUT2D eigenvalue weighted by molar-refractivity contribution is 5.76. The van der Waals surface area contributed by atoms with E-state index in [0.29, 0.717) is 19.4 Å². The summed E-state index contributed by atoms with van der Waals surface area (Å²) in [5.41, 5.74) is 0. The summed E-state index contributed by atoms with van der Waals surface area (Å²) >= 11 is 0. The number of ether oxygens (including phenoxy) is 3. The van der Waals surface area contributed by atoms with Crippen LogP contribution in [0.4, 0.5) is 0 Å². The van der Waals surface area contributed by atoms with Crippen LogP contribution >= 0.6 is 0 Å². The maximum Gasteiger partial charge on any atom is 0.305 e. The number of unbranched alkanes of at least 4 members (excludes halogenated alkanes) is 46. The number of hydrogen-bond acceptors (Lipinski definition) is 10. The number of carbonyl (C=O) groups is 2. The van der Waals surface area contributed by atoms with Gasteiger partial charge in [0.25, 0.3) is 0 Å². The first-order valence-corrected chi connectivity index (χ1v) is 36.3. The van der Waals surface area contributed by atoms with Crippen LogP contribution < -0.4 is 5.32 Å². The Morgan fingerprint density at radius 2 is 0.774 bits per heavy atom. The standard InChI is InChI=1S/C73H137NO10/c1-3-5-7-9-11-13-15-16-33-36-40-43-47-51-55-59-66(76)65(64-83-73-72(81)71(80)70(79)67(63-75)84-73)74-68(77)60-56-52-48-44-41-37-34-31-29-27-25-23-21-19-17-18-20-22-24-26-28-30-32-35-38-42-46-50-54-58-62-82-69(78)61-57-53-49-45-39-14-12-10-8-6-4-2/h15-16,40,43,55,59,65-67,70-73,75-76,79-81H,3-14,17-39,41-42,44-54,56-58,60-64H2,1-2H3,(H,74,77)/b16-15+,43-40+,59-55+. The molecule has 1 heterocycles. The number of allylic oxidation sites excluding steroid dienone is 5. The third kappa shape index (κ3) is 50.8. The molecular formula is C73H137NO10. The number of rotatable bonds is 64. The van der Waals surface area contributed by atoms with Crippen molar-refractivity contribution in [3.63, 3.8) is 0 Å². The Labute approximate surface area is 517 Å². The van der Waals surface area contributed by atoms with Crippen molar-refractivity contribution in [2.45, 2.75) is 397 Å². The van der Waals surface area contributed by atoms with Gasteiger partial charge in [-0.05, 0) is 57.8 Å². The van der Waals surface area contributed by atoms with E-state index in [1.165, 1.54) is 263 Å². The Balaban J connectivity index is 1.98. The Kier molecular flexibility index (Phi) is 59.4. The zero-order valence-corrected chi connectivity index (χ0v) is 54.9. The summed E-state index contributed by atoms with van der Waals surface area (Å²) in [6.07, 6.45) is 70.0. The SMILES string of the molecule is CCCCCCC/C=C/CC/C=C/CC/C=C/C(O)C(COC1OC(CO)C(O)C(O)C1O)NC(=O)CCCCCCCCCCCCCCCCCCCCCCCCCCCCCCCCOC(=O)CCCCCCCCCCCCC. The van der Waals surface area contributed by atoms with Gasteiger partial charge in [-0.25, -0.2) is 0 Å². The van der Waals surface area contributed by atoms with Crippen LogP contribution in [0, 0.1) is 0 Å². The molecule has 0 aromatic rings. The van der Waals surface area contributed by atoms with Crippen LogP contribution in [0.15, 0.2) is 36.5 Å². The highest BCUT2D eigenvalue weighted by Crippen LogP contribution is 2.23. The second kappa shape index (κ2) is 62.5. The number of aliphatic hydroxyl groups is 5. The molecular weight excluding hydrogens is 1050 g/mol. The third-order valence-electron chi connectivity index (χ3n) is 17.2. The Hall–Kier alpha value is -2.12. The molecule has 0 aromatic heterocycles. The molecule has 0 aromatic carbocycles. The molecule has 84 heavy (non-hydrogen) atoms. The van der Waals surface area contributed by atoms with Crippen molar-refractivity contribution in [1.82, 2.24) is 5.32 Å². The Morgan fingerprint density at radius 3 is 1.18 bits per heavy atom. The fourth-order valence-corrected chi connectivity index (χ4v) is 11.5. The first-order chi connectivity index (χ1) is 41.2. The molecule has 11 nitrogen and oxygen atoms in total. The Morgan fingerprint density at radius 1 is 0.429 bits per heavy atom. The smallest absolute Gasteiger partial charge is 0.305 e. The van der Waals surface area contributed by atoms with E-state index in [2.05, 4.69) is 43.5 Å². The van der Waals surface area contributed by atoms with Crippen LogP contribution in [0.2, 0.25) is 0 Å². The average Bonchev–Trinajstić information content (AvgIpc) is 3.66. The topological polar surface area (TPSA) is 175 Å². The summed E-state index contributed by atoms with van der Waals surface area (Å²) in [6, 6.07) is -0.832. The predicted molar refractivity (Wildman–Crippen MR) is 352 cm³/mol. The maximum absolute atomic E-state index is 13.1. The molecule has 0 spiro atoms. The van der Waals surface area contributed by atoms with Crippen LogP contribution in [-0.4, -0.2) is 100 Å². The van der Waals surface area contributed by atoms with E-state index >= 15 is 0 Å². The number of hydrogen-bond donors (Lipinski definition) is 6. The van der Waals surface area contributed by atoms with Crippen LogP contribution in [0.1, 0.15) is 354 Å². The van der Waals surface area contributed by atoms with E-state index in [4.69, 9.17) is 14.2 Å². The summed E-state index contributed by atoms with van der Waals surface area (Å²) < 4.78 is 16.7. The van der Waals surface area contributed by atoms with E-state index in [1.54, 1.807) is 6.08 Å². The number of carbonyl (C=O) groups excluding carboxylic acids is 2. The largest absolute Gasteiger partial charge is 0.466 e. The van der Waals surface area contributed by atoms with E-state index < -0.39 is 49.5 Å². The van der Waals surface area contributed by atoms with Gasteiger partial charge in [-0.15, -0.1) is 0 Å². The lowest BCUT2D eigenvalue weighted by Crippen LogP contribution is -2.60. The van der Waals surface area contributed by atoms with Gasteiger partial charge in [0.05, 0.1) is 32.0 Å². The maximum atomic E-state index is 13.1. The lowest BCUT2D eigenvalue weighted by molar-refractivity contribution is -0.302. The van der Waals surface area contributed by atoms with Gasteiger partial charge in [-0.2, -0.15) is 0 Å². The molecule has 0 saturated carbocycles. The molecule has 0 radical (unpaired) electrons. The minimum Gasteiger partial charge on any atom is -0.466 e. The van der Waals surface area contributed by atoms with E-state index in [9.17, 15) is 35.1 Å². The fraction of sp³-hybridized carbons (Fsp3) is 0.890. The average molecular weight is 1190 g/mol. The van der Waals surface area contributed by atoms with E-state index in [0.717, 1.165) is 64.2 Å². The van der Waals surface area contributed by atoms with Crippen molar-refractivity contribution >= 4 is 11.9 Å². The molecule has 6 N–H and O–H groups in total. The Bertz CT molecular complexity index is 1490. The normalized spacial score (nSPS) is 18.2. The molecule has 0 bridgehead atoms. The molecule has 1 rings (SSSR count). The van der Waals surface area contributed by atoms with Crippen LogP contribution in [0.3, 0.4) is 0 Å². The minimum absolute atomic E-state index is 0.0115. The molecule has 1 aliphatic heterocycles. The quantitative estimate of drug-likeness (QED) is 0.0195. The second-order valence-corrected chi connectivity index (χ2v) is 25.3. The van der Waals surface area contributed by atoms with Crippen LogP contribution in [-0.2, 0) is 23.8 Å². The first-order valence-electron chi connectivity index (χ1n) is 36.3. The summed E-state index contributed by atoms with van der Waals surface area (Å²) in [5.74, 6) is -0.179. The zero-order chi connectivity index (χ0) is 60.9.